The molecule has 2 aliphatic rings. The molecule has 3 rings (SSSR count). The predicted octanol–water partition coefficient (Wildman–Crippen LogP) is 2.86. The van der Waals surface area contributed by atoms with Gasteiger partial charge in [0.2, 0.25) is 10.0 Å². The smallest absolute Gasteiger partial charge is 0.309 e. The van der Waals surface area contributed by atoms with Gasteiger partial charge < -0.3 is 10.1 Å². The second kappa shape index (κ2) is 9.26. The van der Waals surface area contributed by atoms with Crippen molar-refractivity contribution in [2.45, 2.75) is 50.0 Å². The maximum Gasteiger partial charge on any atom is 0.309 e. The third-order valence-corrected chi connectivity index (χ3v) is 8.30. The Kier molecular flexibility index (Phi) is 7.08. The van der Waals surface area contributed by atoms with Crippen LogP contribution >= 0.6 is 11.6 Å². The van der Waals surface area contributed by atoms with Crippen molar-refractivity contribution < 1.29 is 27.5 Å². The summed E-state index contributed by atoms with van der Waals surface area (Å²) in [7, 11) is -1.03. The monoisotopic (exact) mass is 470 g/mol. The highest BCUT2D eigenvalue weighted by Gasteiger charge is 2.42. The Morgan fingerprint density at radius 2 is 1.81 bits per heavy atom. The van der Waals surface area contributed by atoms with Crippen molar-refractivity contribution in [1.29, 1.82) is 0 Å². The first-order valence-electron chi connectivity index (χ1n) is 10.3. The number of nitrogens with zero attached hydrogens (tertiary/aromatic N) is 1. The first-order valence-corrected chi connectivity index (χ1v) is 12.1. The van der Waals surface area contributed by atoms with Crippen LogP contribution < -0.4 is 5.32 Å². The molecule has 2 aliphatic carbocycles. The topological polar surface area (TPSA) is 110 Å². The number of anilines is 1. The summed E-state index contributed by atoms with van der Waals surface area (Å²) in [6.45, 7) is 1.45. The van der Waals surface area contributed by atoms with Gasteiger partial charge in [0.15, 0.2) is 6.10 Å². The maximum absolute atomic E-state index is 12.6. The van der Waals surface area contributed by atoms with E-state index in [2.05, 4.69) is 5.32 Å². The molecule has 2 bridgehead atoms. The van der Waals surface area contributed by atoms with Gasteiger partial charge >= 0.3 is 5.97 Å². The lowest BCUT2D eigenvalue weighted by Crippen LogP contribution is -2.41. The number of esters is 1. The van der Waals surface area contributed by atoms with E-state index in [9.17, 15) is 22.8 Å². The van der Waals surface area contributed by atoms with E-state index in [1.165, 1.54) is 39.2 Å². The van der Waals surface area contributed by atoms with Gasteiger partial charge in [-0.2, -0.15) is 0 Å². The van der Waals surface area contributed by atoms with E-state index in [1.54, 1.807) is 0 Å². The highest BCUT2D eigenvalue weighted by molar-refractivity contribution is 7.89. The number of carbonyl (C=O) groups is 3. The van der Waals surface area contributed by atoms with Crippen LogP contribution in [0.25, 0.3) is 0 Å². The number of ether oxygens (including phenoxy) is 1. The van der Waals surface area contributed by atoms with Crippen molar-refractivity contribution >= 4 is 45.0 Å². The molecule has 8 nitrogen and oxygen atoms in total. The Bertz CT molecular complexity index is 978. The number of benzene rings is 1. The number of rotatable bonds is 6. The molecule has 0 saturated heterocycles. The number of sulfonamides is 1. The quantitative estimate of drug-likeness (QED) is 0.640. The molecule has 1 amide bonds. The van der Waals surface area contributed by atoms with Crippen molar-refractivity contribution in [3.8, 4) is 0 Å². The van der Waals surface area contributed by atoms with E-state index in [1.807, 2.05) is 0 Å². The summed E-state index contributed by atoms with van der Waals surface area (Å²) in [5.41, 5.74) is 0.218. The zero-order chi connectivity index (χ0) is 22.9. The van der Waals surface area contributed by atoms with Crippen LogP contribution in [0.5, 0.6) is 0 Å². The Hall–Kier alpha value is -1.97. The first kappa shape index (κ1) is 23.7. The summed E-state index contributed by atoms with van der Waals surface area (Å²) in [6, 6.07) is 4.11. The molecule has 0 aliphatic heterocycles. The second-order valence-corrected chi connectivity index (χ2v) is 10.9. The lowest BCUT2D eigenvalue weighted by molar-refractivity contribution is -0.161. The van der Waals surface area contributed by atoms with E-state index in [0.29, 0.717) is 12.8 Å². The number of fused-ring (bicyclic) bond motifs is 2. The zero-order valence-corrected chi connectivity index (χ0v) is 19.3. The maximum atomic E-state index is 12.6. The zero-order valence-electron chi connectivity index (χ0n) is 17.8. The molecule has 31 heavy (non-hydrogen) atoms. The van der Waals surface area contributed by atoms with Crippen molar-refractivity contribution in [1.82, 2.24) is 4.31 Å². The lowest BCUT2D eigenvalue weighted by atomic mass is 9.67. The van der Waals surface area contributed by atoms with Crippen LogP contribution in [0.1, 0.15) is 39.0 Å². The van der Waals surface area contributed by atoms with Gasteiger partial charge in [0.1, 0.15) is 10.7 Å². The van der Waals surface area contributed by atoms with Gasteiger partial charge in [-0.05, 0) is 50.8 Å². The number of carbonyl (C=O) groups excluding carboxylic acids is 3. The number of ketones is 1. The van der Waals surface area contributed by atoms with Crippen LogP contribution in [0.2, 0.25) is 5.02 Å². The SMILES string of the molecule is CC(OC(=O)C1CC2CCCC(C1)C2=O)C(=O)Nc1ccc(Cl)c(S(=O)(=O)N(C)C)c1. The van der Waals surface area contributed by atoms with Crippen LogP contribution in [0.3, 0.4) is 0 Å². The largest absolute Gasteiger partial charge is 0.452 e. The minimum absolute atomic E-state index is 0.0311. The van der Waals surface area contributed by atoms with E-state index < -0.39 is 28.0 Å². The van der Waals surface area contributed by atoms with E-state index >= 15 is 0 Å². The van der Waals surface area contributed by atoms with Gasteiger partial charge in [-0.25, -0.2) is 12.7 Å². The number of hydrogen-bond donors (Lipinski definition) is 1. The third kappa shape index (κ3) is 5.10. The fraction of sp³-hybridized carbons (Fsp3) is 0.571. The minimum atomic E-state index is -3.79. The van der Waals surface area contributed by atoms with Crippen LogP contribution in [0.4, 0.5) is 5.69 Å². The second-order valence-electron chi connectivity index (χ2n) is 8.40. The van der Waals surface area contributed by atoms with Crippen molar-refractivity contribution in [2.24, 2.45) is 17.8 Å². The number of nitrogens with one attached hydrogen (secondary N) is 1. The van der Waals surface area contributed by atoms with Crippen molar-refractivity contribution in [2.75, 3.05) is 19.4 Å². The Balaban J connectivity index is 1.63. The summed E-state index contributed by atoms with van der Waals surface area (Å²) in [5, 5.41) is 2.59. The fourth-order valence-electron chi connectivity index (χ4n) is 4.22. The van der Waals surface area contributed by atoms with Crippen LogP contribution in [0.15, 0.2) is 23.1 Å². The molecule has 0 heterocycles. The molecule has 0 radical (unpaired) electrons. The average molecular weight is 471 g/mol. The van der Waals surface area contributed by atoms with E-state index in [-0.39, 0.29) is 39.1 Å². The first-order chi connectivity index (χ1) is 14.5. The van der Waals surface area contributed by atoms with Crippen LogP contribution in [0, 0.1) is 17.8 Å². The summed E-state index contributed by atoms with van der Waals surface area (Å²) in [4.78, 5) is 37.2. The van der Waals surface area contributed by atoms with Gasteiger partial charge in [0, 0.05) is 31.6 Å². The van der Waals surface area contributed by atoms with Gasteiger partial charge in [0.05, 0.1) is 10.9 Å². The van der Waals surface area contributed by atoms with E-state index in [4.69, 9.17) is 16.3 Å². The van der Waals surface area contributed by atoms with Crippen molar-refractivity contribution in [3.05, 3.63) is 23.2 Å². The summed E-state index contributed by atoms with van der Waals surface area (Å²) in [6.07, 6.45) is 2.51. The number of hydrogen-bond acceptors (Lipinski definition) is 6. The minimum Gasteiger partial charge on any atom is -0.452 e. The van der Waals surface area contributed by atoms with E-state index in [0.717, 1.165) is 23.6 Å². The highest BCUT2D eigenvalue weighted by Crippen LogP contribution is 2.40. The van der Waals surface area contributed by atoms with Gasteiger partial charge in [-0.1, -0.05) is 18.0 Å². The molecule has 2 fully saturated rings. The molecule has 3 unspecified atom stereocenters. The molecule has 10 heteroatoms. The summed E-state index contributed by atoms with van der Waals surface area (Å²) >= 11 is 6.02. The van der Waals surface area contributed by atoms with Gasteiger partial charge in [-0.3, -0.25) is 14.4 Å². The van der Waals surface area contributed by atoms with Crippen molar-refractivity contribution in [3.63, 3.8) is 0 Å². The fourth-order valence-corrected chi connectivity index (χ4v) is 5.61. The molecule has 170 valence electrons. The Morgan fingerprint density at radius 1 is 1.19 bits per heavy atom. The third-order valence-electron chi connectivity index (χ3n) is 6.00. The molecule has 0 aromatic heterocycles. The Labute approximate surface area is 187 Å². The standard InChI is InChI=1S/C21H27ClN2O6S/c1-12(30-21(27)15-9-13-5-4-6-14(10-15)19(13)25)20(26)23-16-7-8-17(22)18(11-16)31(28,29)24(2)3/h7-8,11-15H,4-6,9-10H2,1-3H3,(H,23,26). The molecular formula is C21H27ClN2O6S. The predicted molar refractivity (Wildman–Crippen MR) is 115 cm³/mol. The molecule has 3 atom stereocenters. The molecule has 1 aromatic carbocycles. The molecular weight excluding hydrogens is 444 g/mol. The van der Waals surface area contributed by atoms with Crippen LogP contribution in [-0.4, -0.2) is 50.6 Å². The number of amides is 1. The highest BCUT2D eigenvalue weighted by atomic mass is 35.5. The average Bonchev–Trinajstić information content (AvgIpc) is 2.68. The molecule has 1 aromatic rings. The number of Topliss-reactive ketones (excluding diaryl/α,β-unsaturated/α-hetero) is 1. The van der Waals surface area contributed by atoms with Gasteiger partial charge in [0.25, 0.3) is 5.91 Å². The Morgan fingerprint density at radius 3 is 2.39 bits per heavy atom. The lowest BCUT2D eigenvalue weighted by Gasteiger charge is -2.36. The van der Waals surface area contributed by atoms with Crippen LogP contribution in [-0.2, 0) is 29.1 Å². The van der Waals surface area contributed by atoms with Gasteiger partial charge in [-0.15, -0.1) is 0 Å². The normalized spacial score (nSPS) is 24.5. The number of halogens is 1. The molecule has 1 N–H and O–H groups in total. The molecule has 0 spiro atoms. The molecule has 2 saturated carbocycles. The summed E-state index contributed by atoms with van der Waals surface area (Å²) < 4.78 is 31.2. The summed E-state index contributed by atoms with van der Waals surface area (Å²) in [5.74, 6) is -1.35.